The Hall–Kier alpha value is -3.40. The standard InChI is InChI=1S/C23H26N4O5S/c1-12-7-8-15-16(9-12)33-20(18(15)19(24)29)25-17(28)11-27-21(30)23(2,26-22(27)31)13-5-4-6-14(10-13)32-3/h4-6,10,12H,7-9,11H2,1-3H3,(H2,24,29)(H,25,28)(H,26,31)/t12-,23-/m1/s1. The van der Waals surface area contributed by atoms with Crippen LogP contribution in [-0.4, -0.2) is 42.3 Å². The van der Waals surface area contributed by atoms with Gasteiger partial charge in [0.15, 0.2) is 0 Å². The highest BCUT2D eigenvalue weighted by Gasteiger charge is 2.49. The van der Waals surface area contributed by atoms with E-state index < -0.39 is 35.8 Å². The third-order valence-corrected chi connectivity index (χ3v) is 7.40. The number of thiophene rings is 1. The summed E-state index contributed by atoms with van der Waals surface area (Å²) in [6.45, 7) is 3.24. The molecule has 1 aliphatic heterocycles. The number of anilines is 1. The molecule has 2 aliphatic rings. The van der Waals surface area contributed by atoms with Crippen molar-refractivity contribution in [3.05, 3.63) is 45.8 Å². The summed E-state index contributed by atoms with van der Waals surface area (Å²) in [5.74, 6) is -0.701. The third kappa shape index (κ3) is 4.06. The van der Waals surface area contributed by atoms with E-state index in [2.05, 4.69) is 17.6 Å². The Morgan fingerprint density at radius 1 is 1.36 bits per heavy atom. The van der Waals surface area contributed by atoms with Gasteiger partial charge in [0.1, 0.15) is 22.8 Å². The van der Waals surface area contributed by atoms with E-state index in [1.165, 1.54) is 18.4 Å². The minimum Gasteiger partial charge on any atom is -0.497 e. The van der Waals surface area contributed by atoms with Crippen molar-refractivity contribution in [2.24, 2.45) is 11.7 Å². The molecule has 0 unspecified atom stereocenters. The number of primary amides is 1. The summed E-state index contributed by atoms with van der Waals surface area (Å²) in [6.07, 6.45) is 2.50. The van der Waals surface area contributed by atoms with E-state index >= 15 is 0 Å². The molecule has 2 atom stereocenters. The van der Waals surface area contributed by atoms with Crippen molar-refractivity contribution >= 4 is 40.1 Å². The second-order valence-electron chi connectivity index (χ2n) is 8.65. The zero-order valence-corrected chi connectivity index (χ0v) is 19.5. The van der Waals surface area contributed by atoms with Crippen molar-refractivity contribution < 1.29 is 23.9 Å². The van der Waals surface area contributed by atoms with Crippen molar-refractivity contribution in [3.63, 3.8) is 0 Å². The number of carbonyl (C=O) groups excluding carboxylic acids is 4. The topological polar surface area (TPSA) is 131 Å². The molecule has 2 heterocycles. The maximum atomic E-state index is 13.1. The van der Waals surface area contributed by atoms with Gasteiger partial charge in [-0.3, -0.25) is 19.3 Å². The number of ether oxygens (including phenoxy) is 1. The molecule has 5 amide bonds. The van der Waals surface area contributed by atoms with Gasteiger partial charge in [0.05, 0.1) is 12.7 Å². The number of nitrogens with one attached hydrogen (secondary N) is 2. The lowest BCUT2D eigenvalue weighted by atomic mass is 9.88. The Labute approximate surface area is 195 Å². The molecule has 4 N–H and O–H groups in total. The predicted octanol–water partition coefficient (Wildman–Crippen LogP) is 2.39. The maximum Gasteiger partial charge on any atom is 0.325 e. The average Bonchev–Trinajstić information content (AvgIpc) is 3.23. The number of benzene rings is 1. The molecule has 0 saturated carbocycles. The van der Waals surface area contributed by atoms with Gasteiger partial charge in [0, 0.05) is 4.88 Å². The molecule has 2 aromatic rings. The number of nitrogens with two attached hydrogens (primary N) is 1. The molecule has 0 radical (unpaired) electrons. The van der Waals surface area contributed by atoms with Gasteiger partial charge in [0.25, 0.3) is 11.8 Å². The normalized spacial score (nSPS) is 22.0. The maximum absolute atomic E-state index is 13.1. The number of amides is 5. The molecule has 1 saturated heterocycles. The van der Waals surface area contributed by atoms with Crippen molar-refractivity contribution in [1.82, 2.24) is 10.2 Å². The Balaban J connectivity index is 1.53. The van der Waals surface area contributed by atoms with E-state index in [-0.39, 0.29) is 0 Å². The molecule has 4 rings (SSSR count). The SMILES string of the molecule is COc1cccc([C@@]2(C)NC(=O)N(CC(=O)Nc3sc4c(c3C(N)=O)CC[C@@H](C)C4)C2=O)c1. The van der Waals surface area contributed by atoms with Gasteiger partial charge in [-0.1, -0.05) is 19.1 Å². The van der Waals surface area contributed by atoms with Gasteiger partial charge in [-0.2, -0.15) is 0 Å². The predicted molar refractivity (Wildman–Crippen MR) is 123 cm³/mol. The first-order valence-electron chi connectivity index (χ1n) is 10.7. The number of carbonyl (C=O) groups is 4. The van der Waals surface area contributed by atoms with E-state index in [0.717, 1.165) is 34.6 Å². The summed E-state index contributed by atoms with van der Waals surface area (Å²) in [4.78, 5) is 52.6. The van der Waals surface area contributed by atoms with Gasteiger partial charge in [-0.25, -0.2) is 4.79 Å². The van der Waals surface area contributed by atoms with Crippen LogP contribution in [0.4, 0.5) is 9.80 Å². The van der Waals surface area contributed by atoms with Crippen LogP contribution in [0.15, 0.2) is 24.3 Å². The second kappa shape index (κ2) is 8.51. The van der Waals surface area contributed by atoms with Crippen molar-refractivity contribution in [3.8, 4) is 5.75 Å². The van der Waals surface area contributed by atoms with E-state index in [9.17, 15) is 19.2 Å². The largest absolute Gasteiger partial charge is 0.497 e. The summed E-state index contributed by atoms with van der Waals surface area (Å²) < 4.78 is 5.21. The quantitative estimate of drug-likeness (QED) is 0.558. The van der Waals surface area contributed by atoms with Crippen molar-refractivity contribution in [1.29, 1.82) is 0 Å². The molecular weight excluding hydrogens is 444 g/mol. The number of methoxy groups -OCH3 is 1. The number of fused-ring (bicyclic) bond motifs is 1. The zero-order valence-electron chi connectivity index (χ0n) is 18.7. The van der Waals surface area contributed by atoms with Crippen LogP contribution >= 0.6 is 11.3 Å². The molecule has 0 spiro atoms. The summed E-state index contributed by atoms with van der Waals surface area (Å²) in [6, 6.07) is 6.16. The Morgan fingerprint density at radius 2 is 2.12 bits per heavy atom. The van der Waals surface area contributed by atoms with Gasteiger partial charge in [-0.05, 0) is 55.4 Å². The molecule has 0 bridgehead atoms. The Morgan fingerprint density at radius 3 is 2.82 bits per heavy atom. The van der Waals surface area contributed by atoms with Crippen molar-refractivity contribution in [2.45, 2.75) is 38.6 Å². The monoisotopic (exact) mass is 470 g/mol. The lowest BCUT2D eigenvalue weighted by molar-refractivity contribution is -0.133. The van der Waals surface area contributed by atoms with Crippen LogP contribution in [0.1, 0.15) is 46.6 Å². The van der Waals surface area contributed by atoms with E-state index in [1.54, 1.807) is 31.2 Å². The molecule has 1 aliphatic carbocycles. The summed E-state index contributed by atoms with van der Waals surface area (Å²) in [5.41, 5.74) is 6.03. The molecule has 1 aromatic heterocycles. The highest BCUT2D eigenvalue weighted by molar-refractivity contribution is 7.17. The summed E-state index contributed by atoms with van der Waals surface area (Å²) in [7, 11) is 1.51. The summed E-state index contributed by atoms with van der Waals surface area (Å²) in [5, 5.41) is 5.74. The van der Waals surface area contributed by atoms with Crippen LogP contribution < -0.4 is 21.1 Å². The minimum absolute atomic E-state index is 0.327. The average molecular weight is 471 g/mol. The van der Waals surface area contributed by atoms with Crippen molar-refractivity contribution in [2.75, 3.05) is 19.0 Å². The minimum atomic E-state index is -1.33. The van der Waals surface area contributed by atoms with Crippen LogP contribution in [-0.2, 0) is 28.0 Å². The van der Waals surface area contributed by atoms with Gasteiger partial charge < -0.3 is 21.1 Å². The molecule has 174 valence electrons. The molecular formula is C23H26N4O5S. The van der Waals surface area contributed by atoms with Crippen LogP contribution in [0.3, 0.4) is 0 Å². The Kier molecular flexibility index (Phi) is 5.87. The van der Waals surface area contributed by atoms with Gasteiger partial charge in [-0.15, -0.1) is 11.3 Å². The van der Waals surface area contributed by atoms with E-state index in [0.29, 0.717) is 27.8 Å². The van der Waals surface area contributed by atoms with Crippen LogP contribution in [0.5, 0.6) is 5.75 Å². The smallest absolute Gasteiger partial charge is 0.325 e. The number of urea groups is 1. The first-order valence-corrected chi connectivity index (χ1v) is 11.5. The first kappa shape index (κ1) is 22.8. The second-order valence-corrected chi connectivity index (χ2v) is 9.75. The lowest BCUT2D eigenvalue weighted by Gasteiger charge is -2.22. The van der Waals surface area contributed by atoms with Gasteiger partial charge in [0.2, 0.25) is 5.91 Å². The van der Waals surface area contributed by atoms with E-state index in [4.69, 9.17) is 10.5 Å². The summed E-state index contributed by atoms with van der Waals surface area (Å²) >= 11 is 1.33. The number of rotatable bonds is 6. The molecule has 1 fully saturated rings. The number of hydrogen-bond acceptors (Lipinski definition) is 6. The molecule has 9 nitrogen and oxygen atoms in total. The fraction of sp³-hybridized carbons (Fsp3) is 0.391. The fourth-order valence-electron chi connectivity index (χ4n) is 4.38. The van der Waals surface area contributed by atoms with Crippen LogP contribution in [0, 0.1) is 5.92 Å². The highest BCUT2D eigenvalue weighted by Crippen LogP contribution is 2.39. The molecule has 10 heteroatoms. The number of nitrogens with zero attached hydrogens (tertiary/aromatic N) is 1. The van der Waals surface area contributed by atoms with Crippen LogP contribution in [0.25, 0.3) is 0 Å². The highest BCUT2D eigenvalue weighted by atomic mass is 32.1. The number of imide groups is 1. The molecule has 33 heavy (non-hydrogen) atoms. The number of hydrogen-bond donors (Lipinski definition) is 3. The van der Waals surface area contributed by atoms with Crippen LogP contribution in [0.2, 0.25) is 0 Å². The first-order chi connectivity index (χ1) is 15.6. The van der Waals surface area contributed by atoms with Gasteiger partial charge >= 0.3 is 6.03 Å². The Bertz CT molecular complexity index is 1160. The lowest BCUT2D eigenvalue weighted by Crippen LogP contribution is -2.42. The molecule has 1 aromatic carbocycles. The van der Waals surface area contributed by atoms with E-state index in [1.807, 2.05) is 0 Å². The third-order valence-electron chi connectivity index (χ3n) is 6.23. The zero-order chi connectivity index (χ0) is 23.9. The fourth-order valence-corrected chi connectivity index (χ4v) is 5.81.